The summed E-state index contributed by atoms with van der Waals surface area (Å²) in [6, 6.07) is 7.47. The van der Waals surface area contributed by atoms with Crippen molar-refractivity contribution in [2.75, 3.05) is 16.4 Å². The summed E-state index contributed by atoms with van der Waals surface area (Å²) in [5.41, 5.74) is 1.86. The molecule has 2 aliphatic heterocycles. The first-order chi connectivity index (χ1) is 8.48. The summed E-state index contributed by atoms with van der Waals surface area (Å²) in [5.74, 6) is 0.292. The van der Waals surface area contributed by atoms with Crippen molar-refractivity contribution in [3.63, 3.8) is 0 Å². The third kappa shape index (κ3) is 1.73. The highest BCUT2D eigenvalue weighted by Gasteiger charge is 2.49. The molecule has 0 unspecified atom stereocenters. The molecule has 96 valence electrons. The Morgan fingerprint density at radius 3 is 2.67 bits per heavy atom. The second-order valence-electron chi connectivity index (χ2n) is 5.16. The van der Waals surface area contributed by atoms with E-state index < -0.39 is 9.84 Å². The van der Waals surface area contributed by atoms with E-state index in [-0.39, 0.29) is 29.4 Å². The van der Waals surface area contributed by atoms with Gasteiger partial charge in [-0.2, -0.15) is 0 Å². The number of hydrogen-bond donors (Lipinski definition) is 0. The zero-order valence-electron chi connectivity index (χ0n) is 10.2. The van der Waals surface area contributed by atoms with Crippen LogP contribution < -0.4 is 4.90 Å². The monoisotopic (exact) mass is 265 g/mol. The summed E-state index contributed by atoms with van der Waals surface area (Å²) in [6.07, 6.45) is 0.359. The van der Waals surface area contributed by atoms with E-state index in [2.05, 4.69) is 0 Å². The van der Waals surface area contributed by atoms with Gasteiger partial charge >= 0.3 is 0 Å². The maximum Gasteiger partial charge on any atom is 0.227 e. The number of aryl methyl sites for hydroxylation is 1. The molecule has 3 rings (SSSR count). The average Bonchev–Trinajstić information content (AvgIpc) is 2.70. The Kier molecular flexibility index (Phi) is 2.48. The number of nitrogens with zero attached hydrogens (tertiary/aromatic N) is 1. The van der Waals surface area contributed by atoms with Gasteiger partial charge < -0.3 is 4.90 Å². The summed E-state index contributed by atoms with van der Waals surface area (Å²) < 4.78 is 23.3. The highest BCUT2D eigenvalue weighted by atomic mass is 32.2. The minimum Gasteiger partial charge on any atom is -0.308 e. The summed E-state index contributed by atoms with van der Waals surface area (Å²) in [6.45, 7) is 1.94. The second kappa shape index (κ2) is 3.82. The molecule has 1 aromatic carbocycles. The van der Waals surface area contributed by atoms with E-state index in [1.165, 1.54) is 0 Å². The van der Waals surface area contributed by atoms with Gasteiger partial charge in [-0.05, 0) is 18.6 Å². The third-order valence-corrected chi connectivity index (χ3v) is 5.63. The lowest BCUT2D eigenvalue weighted by atomic mass is 10.0. The van der Waals surface area contributed by atoms with Crippen molar-refractivity contribution in [2.24, 2.45) is 5.92 Å². The number of amides is 1. The van der Waals surface area contributed by atoms with Crippen LogP contribution in [0.5, 0.6) is 0 Å². The van der Waals surface area contributed by atoms with Crippen molar-refractivity contribution < 1.29 is 13.2 Å². The maximum absolute atomic E-state index is 12.1. The number of carbonyl (C=O) groups excluding carboxylic acids is 1. The van der Waals surface area contributed by atoms with Gasteiger partial charge in [-0.3, -0.25) is 4.79 Å². The lowest BCUT2D eigenvalue weighted by Gasteiger charge is -2.24. The normalized spacial score (nSPS) is 29.6. The fourth-order valence-electron chi connectivity index (χ4n) is 3.04. The van der Waals surface area contributed by atoms with E-state index in [1.54, 1.807) is 4.90 Å². The zero-order valence-corrected chi connectivity index (χ0v) is 11.0. The van der Waals surface area contributed by atoms with Crippen LogP contribution in [0, 0.1) is 12.8 Å². The number of benzene rings is 1. The molecule has 2 atom stereocenters. The van der Waals surface area contributed by atoms with Gasteiger partial charge in [-0.15, -0.1) is 0 Å². The Hall–Kier alpha value is -1.36. The molecule has 5 heteroatoms. The van der Waals surface area contributed by atoms with E-state index in [0.29, 0.717) is 6.42 Å². The van der Waals surface area contributed by atoms with Gasteiger partial charge in [0.25, 0.3) is 0 Å². The van der Waals surface area contributed by atoms with Gasteiger partial charge in [0.1, 0.15) is 0 Å². The summed E-state index contributed by atoms with van der Waals surface area (Å²) in [4.78, 5) is 13.8. The largest absolute Gasteiger partial charge is 0.308 e. The van der Waals surface area contributed by atoms with Crippen LogP contribution in [0.25, 0.3) is 0 Å². The van der Waals surface area contributed by atoms with Crippen molar-refractivity contribution >= 4 is 21.4 Å². The molecule has 0 saturated carbocycles. The number of rotatable bonds is 1. The Balaban J connectivity index is 2.02. The standard InChI is InChI=1S/C13H15NO3S/c1-9-4-2-3-5-11(9)14-12-8-18(16,17)7-10(12)6-13(14)15/h2-5,10,12H,6-8H2,1H3/t10-,12-/m1/s1. The highest BCUT2D eigenvalue weighted by molar-refractivity contribution is 7.91. The molecule has 2 fully saturated rings. The minimum absolute atomic E-state index is 0.0258. The molecule has 0 radical (unpaired) electrons. The number of para-hydroxylation sites is 1. The van der Waals surface area contributed by atoms with Crippen LogP contribution in [0.2, 0.25) is 0 Å². The lowest BCUT2D eigenvalue weighted by Crippen LogP contribution is -2.36. The molecule has 1 amide bonds. The van der Waals surface area contributed by atoms with Crippen LogP contribution >= 0.6 is 0 Å². The van der Waals surface area contributed by atoms with Gasteiger partial charge in [0.15, 0.2) is 9.84 Å². The van der Waals surface area contributed by atoms with Crippen LogP contribution in [0.4, 0.5) is 5.69 Å². The fraction of sp³-hybridized carbons (Fsp3) is 0.462. The van der Waals surface area contributed by atoms with Gasteiger partial charge in [-0.1, -0.05) is 18.2 Å². The average molecular weight is 265 g/mol. The quantitative estimate of drug-likeness (QED) is 0.765. The minimum atomic E-state index is -2.98. The first-order valence-electron chi connectivity index (χ1n) is 6.06. The Labute approximate surface area is 107 Å². The van der Waals surface area contributed by atoms with Crippen LogP contribution in [0.15, 0.2) is 24.3 Å². The Morgan fingerprint density at radius 2 is 1.94 bits per heavy atom. The number of hydrogen-bond acceptors (Lipinski definition) is 3. The summed E-state index contributed by atoms with van der Waals surface area (Å²) in [7, 11) is -2.98. The first-order valence-corrected chi connectivity index (χ1v) is 7.88. The van der Waals surface area contributed by atoms with E-state index in [0.717, 1.165) is 11.3 Å². The molecular weight excluding hydrogens is 250 g/mol. The molecule has 2 aliphatic rings. The zero-order chi connectivity index (χ0) is 12.9. The molecule has 0 N–H and O–H groups in total. The predicted molar refractivity (Wildman–Crippen MR) is 69.2 cm³/mol. The van der Waals surface area contributed by atoms with Crippen LogP contribution in [0.3, 0.4) is 0 Å². The van der Waals surface area contributed by atoms with Gasteiger partial charge in [0.2, 0.25) is 5.91 Å². The van der Waals surface area contributed by atoms with Crippen molar-refractivity contribution in [1.29, 1.82) is 0 Å². The molecular formula is C13H15NO3S. The Bertz CT molecular complexity index is 608. The van der Waals surface area contributed by atoms with Crippen LogP contribution in [0.1, 0.15) is 12.0 Å². The SMILES string of the molecule is Cc1ccccc1N1C(=O)C[C@@H]2CS(=O)(=O)C[C@H]21. The molecule has 0 spiro atoms. The summed E-state index contributed by atoms with van der Waals surface area (Å²) in [5, 5.41) is 0. The number of carbonyl (C=O) groups is 1. The molecule has 0 bridgehead atoms. The maximum atomic E-state index is 12.1. The van der Waals surface area contributed by atoms with Gasteiger partial charge in [0, 0.05) is 18.0 Å². The van der Waals surface area contributed by atoms with Crippen molar-refractivity contribution in [1.82, 2.24) is 0 Å². The lowest BCUT2D eigenvalue weighted by molar-refractivity contribution is -0.117. The smallest absolute Gasteiger partial charge is 0.227 e. The van der Waals surface area contributed by atoms with Crippen molar-refractivity contribution in [3.8, 4) is 0 Å². The number of sulfone groups is 1. The topological polar surface area (TPSA) is 54.5 Å². The molecule has 0 aliphatic carbocycles. The van der Waals surface area contributed by atoms with Crippen molar-refractivity contribution in [2.45, 2.75) is 19.4 Å². The van der Waals surface area contributed by atoms with Crippen LogP contribution in [-0.4, -0.2) is 31.9 Å². The van der Waals surface area contributed by atoms with Crippen molar-refractivity contribution in [3.05, 3.63) is 29.8 Å². The van der Waals surface area contributed by atoms with Crippen LogP contribution in [-0.2, 0) is 14.6 Å². The molecule has 18 heavy (non-hydrogen) atoms. The van der Waals surface area contributed by atoms with E-state index in [9.17, 15) is 13.2 Å². The number of anilines is 1. The highest BCUT2D eigenvalue weighted by Crippen LogP contribution is 2.38. The molecule has 2 saturated heterocycles. The first kappa shape index (κ1) is 11.7. The van der Waals surface area contributed by atoms with Gasteiger partial charge in [-0.25, -0.2) is 8.42 Å². The second-order valence-corrected chi connectivity index (χ2v) is 7.31. The fourth-order valence-corrected chi connectivity index (χ4v) is 5.11. The molecule has 0 aromatic heterocycles. The van der Waals surface area contributed by atoms with E-state index >= 15 is 0 Å². The third-order valence-electron chi connectivity index (χ3n) is 3.85. The Morgan fingerprint density at radius 1 is 1.22 bits per heavy atom. The summed E-state index contributed by atoms with van der Waals surface area (Å²) >= 11 is 0. The number of fused-ring (bicyclic) bond motifs is 1. The van der Waals surface area contributed by atoms with E-state index in [4.69, 9.17) is 0 Å². The van der Waals surface area contributed by atoms with E-state index in [1.807, 2.05) is 31.2 Å². The molecule has 2 heterocycles. The predicted octanol–water partition coefficient (Wildman–Crippen LogP) is 1.14. The molecule has 4 nitrogen and oxygen atoms in total. The van der Waals surface area contributed by atoms with Gasteiger partial charge in [0.05, 0.1) is 17.5 Å². The molecule has 1 aromatic rings.